The van der Waals surface area contributed by atoms with Crippen LogP contribution in [0.15, 0.2) is 11.0 Å². The van der Waals surface area contributed by atoms with Gasteiger partial charge in [-0.25, -0.2) is 4.68 Å². The Hall–Kier alpha value is -1.89. The predicted octanol–water partition coefficient (Wildman–Crippen LogP) is 1.49. The largest absolute Gasteiger partial charge is 0.372 e. The van der Waals surface area contributed by atoms with E-state index in [1.165, 1.54) is 0 Å². The fourth-order valence-corrected chi connectivity index (χ4v) is 2.74. The normalized spacial score (nSPS) is 18.9. The van der Waals surface area contributed by atoms with E-state index in [-0.39, 0.29) is 16.7 Å². The summed E-state index contributed by atoms with van der Waals surface area (Å²) >= 11 is 0. The lowest BCUT2D eigenvalue weighted by Crippen LogP contribution is -2.49. The van der Waals surface area contributed by atoms with E-state index in [0.29, 0.717) is 36.7 Å². The van der Waals surface area contributed by atoms with Gasteiger partial charge in [0, 0.05) is 13.1 Å². The van der Waals surface area contributed by atoms with Crippen LogP contribution in [0.25, 0.3) is 11.0 Å². The van der Waals surface area contributed by atoms with Gasteiger partial charge in [-0.3, -0.25) is 9.78 Å². The van der Waals surface area contributed by atoms with E-state index < -0.39 is 0 Å². The molecule has 1 saturated heterocycles. The fraction of sp³-hybridized carbons (Fsp3) is 0.667. The molecule has 7 heteroatoms. The van der Waals surface area contributed by atoms with Gasteiger partial charge in [-0.15, -0.1) is 0 Å². The molecule has 0 saturated carbocycles. The first-order chi connectivity index (χ1) is 10.2. The topological polar surface area (TPSA) is 76.0 Å². The van der Waals surface area contributed by atoms with E-state index in [9.17, 15) is 4.79 Å². The third-order valence-electron chi connectivity index (χ3n) is 3.79. The standard InChI is InChI=1S/C15H23N5O2/c1-14(2,3)20-11-10(8-16-20)12(21)18-13(17-11)19-6-7-22-15(4,5)9-19/h8H,6-7,9H2,1-5H3,(H,17,18,21). The number of H-pyrrole nitrogens is 1. The Kier molecular flexibility index (Phi) is 3.28. The van der Waals surface area contributed by atoms with Gasteiger partial charge in [-0.2, -0.15) is 10.1 Å². The Morgan fingerprint density at radius 1 is 1.36 bits per heavy atom. The molecule has 0 aromatic carbocycles. The number of morpholine rings is 1. The summed E-state index contributed by atoms with van der Waals surface area (Å²) in [5.74, 6) is 0.583. The van der Waals surface area contributed by atoms with Gasteiger partial charge < -0.3 is 9.64 Å². The number of aromatic nitrogens is 4. The van der Waals surface area contributed by atoms with Crippen LogP contribution in [0.2, 0.25) is 0 Å². The Morgan fingerprint density at radius 2 is 2.09 bits per heavy atom. The maximum absolute atomic E-state index is 12.3. The molecule has 1 N–H and O–H groups in total. The number of fused-ring (bicyclic) bond motifs is 1. The summed E-state index contributed by atoms with van der Waals surface area (Å²) in [5, 5.41) is 4.85. The first kappa shape index (κ1) is 15.0. The zero-order chi connectivity index (χ0) is 16.1. The maximum Gasteiger partial charge on any atom is 0.263 e. The molecule has 3 heterocycles. The number of aromatic amines is 1. The van der Waals surface area contributed by atoms with Crippen LogP contribution in [-0.2, 0) is 10.3 Å². The second kappa shape index (κ2) is 4.81. The minimum atomic E-state index is -0.254. The molecule has 120 valence electrons. The summed E-state index contributed by atoms with van der Waals surface area (Å²) in [5.41, 5.74) is -0.0181. The number of hydrogen-bond donors (Lipinski definition) is 1. The first-order valence-electron chi connectivity index (χ1n) is 7.55. The number of nitrogens with one attached hydrogen (secondary N) is 1. The molecule has 3 rings (SSSR count). The smallest absolute Gasteiger partial charge is 0.263 e. The van der Waals surface area contributed by atoms with Crippen molar-refractivity contribution in [2.24, 2.45) is 0 Å². The second-order valence-electron chi connectivity index (χ2n) is 7.38. The Morgan fingerprint density at radius 3 is 2.73 bits per heavy atom. The number of anilines is 1. The Balaban J connectivity index is 2.10. The van der Waals surface area contributed by atoms with Crippen molar-refractivity contribution in [1.82, 2.24) is 19.7 Å². The van der Waals surface area contributed by atoms with Crippen LogP contribution >= 0.6 is 0 Å². The molecule has 1 fully saturated rings. The first-order valence-corrected chi connectivity index (χ1v) is 7.55. The second-order valence-corrected chi connectivity index (χ2v) is 7.38. The number of hydrogen-bond acceptors (Lipinski definition) is 5. The highest BCUT2D eigenvalue weighted by Crippen LogP contribution is 2.22. The molecule has 2 aromatic rings. The molecule has 2 aromatic heterocycles. The summed E-state index contributed by atoms with van der Waals surface area (Å²) < 4.78 is 7.52. The van der Waals surface area contributed by atoms with Crippen molar-refractivity contribution in [1.29, 1.82) is 0 Å². The average Bonchev–Trinajstić information content (AvgIpc) is 2.81. The molecule has 1 aliphatic rings. The van der Waals surface area contributed by atoms with E-state index in [4.69, 9.17) is 4.74 Å². The van der Waals surface area contributed by atoms with Gasteiger partial charge in [0.2, 0.25) is 5.95 Å². The molecule has 0 spiro atoms. The third-order valence-corrected chi connectivity index (χ3v) is 3.79. The van der Waals surface area contributed by atoms with Crippen LogP contribution in [0.4, 0.5) is 5.95 Å². The minimum Gasteiger partial charge on any atom is -0.372 e. The van der Waals surface area contributed by atoms with Crippen LogP contribution in [-0.4, -0.2) is 45.0 Å². The lowest BCUT2D eigenvalue weighted by molar-refractivity contribution is -0.0281. The van der Waals surface area contributed by atoms with Gasteiger partial charge in [0.15, 0.2) is 5.65 Å². The minimum absolute atomic E-state index is 0.153. The van der Waals surface area contributed by atoms with Crippen molar-refractivity contribution < 1.29 is 4.74 Å². The van der Waals surface area contributed by atoms with Crippen molar-refractivity contribution >= 4 is 17.0 Å². The molecule has 0 unspecified atom stereocenters. The molecule has 0 bridgehead atoms. The van der Waals surface area contributed by atoms with Gasteiger partial charge >= 0.3 is 0 Å². The van der Waals surface area contributed by atoms with E-state index in [2.05, 4.69) is 20.0 Å². The van der Waals surface area contributed by atoms with E-state index in [0.717, 1.165) is 0 Å². The molecule has 7 nitrogen and oxygen atoms in total. The van der Waals surface area contributed by atoms with E-state index >= 15 is 0 Å². The molecule has 22 heavy (non-hydrogen) atoms. The number of nitrogens with zero attached hydrogens (tertiary/aromatic N) is 4. The number of rotatable bonds is 1. The Bertz CT molecular complexity index is 753. The summed E-state index contributed by atoms with van der Waals surface area (Å²) in [7, 11) is 0. The predicted molar refractivity (Wildman–Crippen MR) is 85.4 cm³/mol. The zero-order valence-corrected chi connectivity index (χ0v) is 13.8. The van der Waals surface area contributed by atoms with E-state index in [1.807, 2.05) is 34.6 Å². The summed E-state index contributed by atoms with van der Waals surface area (Å²) in [6.45, 7) is 12.2. The average molecular weight is 305 g/mol. The molecule has 0 radical (unpaired) electrons. The highest BCUT2D eigenvalue weighted by Gasteiger charge is 2.29. The van der Waals surface area contributed by atoms with E-state index in [1.54, 1.807) is 10.9 Å². The van der Waals surface area contributed by atoms with Gasteiger partial charge in [-0.1, -0.05) is 0 Å². The van der Waals surface area contributed by atoms with Crippen LogP contribution in [0.3, 0.4) is 0 Å². The highest BCUT2D eigenvalue weighted by atomic mass is 16.5. The van der Waals surface area contributed by atoms with Crippen molar-refractivity contribution in [2.75, 3.05) is 24.6 Å². The van der Waals surface area contributed by atoms with Gasteiger partial charge in [0.1, 0.15) is 5.39 Å². The lowest BCUT2D eigenvalue weighted by Gasteiger charge is -2.38. The van der Waals surface area contributed by atoms with Gasteiger partial charge in [0.05, 0.1) is 23.9 Å². The monoisotopic (exact) mass is 305 g/mol. The fourth-order valence-electron chi connectivity index (χ4n) is 2.74. The molecule has 1 aliphatic heterocycles. The Labute approximate surface area is 129 Å². The molecule has 0 aliphatic carbocycles. The lowest BCUT2D eigenvalue weighted by atomic mass is 10.1. The highest BCUT2D eigenvalue weighted by molar-refractivity contribution is 5.74. The summed E-state index contributed by atoms with van der Waals surface area (Å²) in [6.07, 6.45) is 1.58. The van der Waals surface area contributed by atoms with Crippen LogP contribution in [0, 0.1) is 0 Å². The SMILES string of the molecule is CC1(C)CN(c2nc3c(cnn3C(C)(C)C)c(=O)[nH]2)CCO1. The maximum atomic E-state index is 12.3. The summed E-state index contributed by atoms with van der Waals surface area (Å²) in [4.78, 5) is 21.9. The third kappa shape index (κ3) is 2.61. The molecule has 0 amide bonds. The quantitative estimate of drug-likeness (QED) is 0.864. The van der Waals surface area contributed by atoms with Crippen LogP contribution in [0.1, 0.15) is 34.6 Å². The van der Waals surface area contributed by atoms with Crippen molar-refractivity contribution in [3.8, 4) is 0 Å². The van der Waals surface area contributed by atoms with Crippen molar-refractivity contribution in [3.63, 3.8) is 0 Å². The van der Waals surface area contributed by atoms with Gasteiger partial charge in [-0.05, 0) is 34.6 Å². The molecular formula is C15H23N5O2. The zero-order valence-electron chi connectivity index (χ0n) is 13.8. The summed E-state index contributed by atoms with van der Waals surface area (Å²) in [6, 6.07) is 0. The van der Waals surface area contributed by atoms with Crippen LogP contribution < -0.4 is 10.5 Å². The molecular weight excluding hydrogens is 282 g/mol. The van der Waals surface area contributed by atoms with Crippen LogP contribution in [0.5, 0.6) is 0 Å². The number of ether oxygens (including phenoxy) is 1. The van der Waals surface area contributed by atoms with Crippen molar-refractivity contribution in [2.45, 2.75) is 45.8 Å². The van der Waals surface area contributed by atoms with Gasteiger partial charge in [0.25, 0.3) is 5.56 Å². The van der Waals surface area contributed by atoms with Crippen molar-refractivity contribution in [3.05, 3.63) is 16.6 Å². The molecule has 0 atom stereocenters.